The Morgan fingerprint density at radius 3 is 2.68 bits per heavy atom. The van der Waals surface area contributed by atoms with Crippen LogP contribution in [0.3, 0.4) is 0 Å². The molecule has 3 nitrogen and oxygen atoms in total. The lowest BCUT2D eigenvalue weighted by Crippen LogP contribution is -2.44. The number of hydrogen-bond donors (Lipinski definition) is 2. The zero-order valence-electron chi connectivity index (χ0n) is 10.8. The number of benzene rings is 1. The van der Waals surface area contributed by atoms with E-state index >= 15 is 0 Å². The van der Waals surface area contributed by atoms with Crippen LogP contribution in [-0.2, 0) is 0 Å². The van der Waals surface area contributed by atoms with E-state index in [0.29, 0.717) is 23.0 Å². The van der Waals surface area contributed by atoms with Gasteiger partial charge in [0.15, 0.2) is 0 Å². The fourth-order valence-electron chi connectivity index (χ4n) is 2.57. The van der Waals surface area contributed by atoms with Gasteiger partial charge >= 0.3 is 0 Å². The van der Waals surface area contributed by atoms with E-state index in [0.717, 1.165) is 19.3 Å². The second-order valence-electron chi connectivity index (χ2n) is 4.84. The lowest BCUT2D eigenvalue weighted by Gasteiger charge is -2.31. The van der Waals surface area contributed by atoms with Crippen LogP contribution in [0.15, 0.2) is 24.3 Å². The molecule has 0 saturated heterocycles. The van der Waals surface area contributed by atoms with Crippen molar-refractivity contribution in [2.45, 2.75) is 31.7 Å². The minimum absolute atomic E-state index is 0. The number of carbonyl (C=O) groups excluding carboxylic acids is 1. The van der Waals surface area contributed by atoms with Crippen molar-refractivity contribution in [2.24, 2.45) is 11.7 Å². The van der Waals surface area contributed by atoms with Gasteiger partial charge in [0.05, 0.1) is 10.6 Å². The quantitative estimate of drug-likeness (QED) is 0.902. The maximum absolute atomic E-state index is 12.2. The molecule has 3 N–H and O–H groups in total. The maximum atomic E-state index is 12.2. The predicted octanol–water partition coefficient (Wildman–Crippen LogP) is 3.01. The molecule has 2 atom stereocenters. The molecule has 1 amide bonds. The van der Waals surface area contributed by atoms with Gasteiger partial charge in [0.25, 0.3) is 5.91 Å². The summed E-state index contributed by atoms with van der Waals surface area (Å²) in [7, 11) is 0. The lowest BCUT2D eigenvalue weighted by molar-refractivity contribution is 0.0908. The molecule has 0 bridgehead atoms. The standard InChI is InChI=1S/C14H19ClN2O.ClH/c15-12-7-3-2-6-11(12)14(18)17-13-8-4-1-5-10(13)9-16;/h2-3,6-7,10,13H,1,4-5,8-9,16H2,(H,17,18);1H. The molecule has 1 aliphatic rings. The summed E-state index contributed by atoms with van der Waals surface area (Å²) in [6, 6.07) is 7.31. The SMILES string of the molecule is Cl.NCC1CCCCC1NC(=O)c1ccccc1Cl. The Labute approximate surface area is 125 Å². The summed E-state index contributed by atoms with van der Waals surface area (Å²) < 4.78 is 0. The lowest BCUT2D eigenvalue weighted by atomic mass is 9.84. The molecule has 5 heteroatoms. The highest BCUT2D eigenvalue weighted by Crippen LogP contribution is 2.24. The van der Waals surface area contributed by atoms with Gasteiger partial charge in [-0.1, -0.05) is 36.6 Å². The first-order chi connectivity index (χ1) is 8.72. The average Bonchev–Trinajstić information content (AvgIpc) is 2.39. The molecule has 2 rings (SSSR count). The van der Waals surface area contributed by atoms with E-state index in [-0.39, 0.29) is 24.4 Å². The molecule has 1 fully saturated rings. The Hall–Kier alpha value is -0.770. The van der Waals surface area contributed by atoms with Crippen molar-refractivity contribution in [3.63, 3.8) is 0 Å². The van der Waals surface area contributed by atoms with E-state index < -0.39 is 0 Å². The molecule has 1 aliphatic carbocycles. The number of rotatable bonds is 3. The van der Waals surface area contributed by atoms with Gasteiger partial charge < -0.3 is 11.1 Å². The molecule has 0 heterocycles. The fourth-order valence-corrected chi connectivity index (χ4v) is 2.79. The Morgan fingerprint density at radius 1 is 1.32 bits per heavy atom. The van der Waals surface area contributed by atoms with Gasteiger partial charge in [-0.15, -0.1) is 12.4 Å². The number of nitrogens with two attached hydrogens (primary N) is 1. The molecule has 0 aromatic heterocycles. The summed E-state index contributed by atoms with van der Waals surface area (Å²) in [5, 5.41) is 3.57. The summed E-state index contributed by atoms with van der Waals surface area (Å²) in [6.07, 6.45) is 4.48. The molecule has 0 spiro atoms. The van der Waals surface area contributed by atoms with Crippen molar-refractivity contribution in [1.82, 2.24) is 5.32 Å². The van der Waals surface area contributed by atoms with Crippen LogP contribution in [0, 0.1) is 5.92 Å². The third-order valence-electron chi connectivity index (χ3n) is 3.65. The van der Waals surface area contributed by atoms with Crippen molar-refractivity contribution in [2.75, 3.05) is 6.54 Å². The van der Waals surface area contributed by atoms with Crippen molar-refractivity contribution >= 4 is 29.9 Å². The van der Waals surface area contributed by atoms with Gasteiger partial charge in [-0.3, -0.25) is 4.79 Å². The molecule has 106 valence electrons. The molecule has 0 radical (unpaired) electrons. The normalized spacial score (nSPS) is 22.4. The first-order valence-electron chi connectivity index (χ1n) is 6.48. The van der Waals surface area contributed by atoms with Gasteiger partial charge in [0.2, 0.25) is 0 Å². The highest BCUT2D eigenvalue weighted by Gasteiger charge is 2.26. The molecular formula is C14H20Cl2N2O. The molecule has 1 saturated carbocycles. The number of nitrogens with one attached hydrogen (secondary N) is 1. The van der Waals surface area contributed by atoms with Crippen molar-refractivity contribution in [3.8, 4) is 0 Å². The molecule has 1 aromatic rings. The summed E-state index contributed by atoms with van der Waals surface area (Å²) in [6.45, 7) is 0.632. The fraction of sp³-hybridized carbons (Fsp3) is 0.500. The summed E-state index contributed by atoms with van der Waals surface area (Å²) in [5.41, 5.74) is 6.30. The van der Waals surface area contributed by atoms with E-state index in [1.165, 1.54) is 6.42 Å². The molecule has 19 heavy (non-hydrogen) atoms. The minimum atomic E-state index is -0.0917. The maximum Gasteiger partial charge on any atom is 0.253 e. The molecule has 2 unspecified atom stereocenters. The Balaban J connectivity index is 0.00000180. The van der Waals surface area contributed by atoms with E-state index in [9.17, 15) is 4.79 Å². The monoisotopic (exact) mass is 302 g/mol. The highest BCUT2D eigenvalue weighted by molar-refractivity contribution is 6.33. The summed E-state index contributed by atoms with van der Waals surface area (Å²) in [5.74, 6) is 0.302. The first kappa shape index (κ1) is 16.3. The topological polar surface area (TPSA) is 55.1 Å². The van der Waals surface area contributed by atoms with Crippen molar-refractivity contribution in [3.05, 3.63) is 34.9 Å². The Bertz CT molecular complexity index is 426. The third-order valence-corrected chi connectivity index (χ3v) is 3.98. The Kier molecular flexibility index (Phi) is 6.63. The van der Waals surface area contributed by atoms with Crippen molar-refractivity contribution in [1.29, 1.82) is 0 Å². The number of carbonyl (C=O) groups is 1. The van der Waals surface area contributed by atoms with Crippen LogP contribution in [0.2, 0.25) is 5.02 Å². The van der Waals surface area contributed by atoms with E-state index in [1.54, 1.807) is 12.1 Å². The summed E-state index contributed by atoms with van der Waals surface area (Å²) in [4.78, 5) is 12.2. The average molecular weight is 303 g/mol. The van der Waals surface area contributed by atoms with Gasteiger partial charge in [-0.2, -0.15) is 0 Å². The van der Waals surface area contributed by atoms with E-state index in [4.69, 9.17) is 17.3 Å². The van der Waals surface area contributed by atoms with Crippen LogP contribution in [0.4, 0.5) is 0 Å². The number of amides is 1. The predicted molar refractivity (Wildman–Crippen MR) is 81.0 cm³/mol. The summed E-state index contributed by atoms with van der Waals surface area (Å²) >= 11 is 6.02. The van der Waals surface area contributed by atoms with E-state index in [1.807, 2.05) is 12.1 Å². The van der Waals surface area contributed by atoms with E-state index in [2.05, 4.69) is 5.32 Å². The second kappa shape index (κ2) is 7.73. The third kappa shape index (κ3) is 4.10. The van der Waals surface area contributed by atoms with Crippen LogP contribution in [0.25, 0.3) is 0 Å². The van der Waals surface area contributed by atoms with Crippen LogP contribution < -0.4 is 11.1 Å². The second-order valence-corrected chi connectivity index (χ2v) is 5.25. The van der Waals surface area contributed by atoms with Gasteiger partial charge in [0.1, 0.15) is 0 Å². The number of hydrogen-bond acceptors (Lipinski definition) is 2. The van der Waals surface area contributed by atoms with Crippen LogP contribution in [0.1, 0.15) is 36.0 Å². The number of halogens is 2. The van der Waals surface area contributed by atoms with Crippen LogP contribution >= 0.6 is 24.0 Å². The van der Waals surface area contributed by atoms with Crippen LogP contribution in [0.5, 0.6) is 0 Å². The minimum Gasteiger partial charge on any atom is -0.349 e. The smallest absolute Gasteiger partial charge is 0.253 e. The Morgan fingerprint density at radius 2 is 2.00 bits per heavy atom. The highest BCUT2D eigenvalue weighted by atomic mass is 35.5. The van der Waals surface area contributed by atoms with Crippen LogP contribution in [-0.4, -0.2) is 18.5 Å². The zero-order valence-corrected chi connectivity index (χ0v) is 12.3. The largest absolute Gasteiger partial charge is 0.349 e. The van der Waals surface area contributed by atoms with Gasteiger partial charge in [0, 0.05) is 6.04 Å². The molecular weight excluding hydrogens is 283 g/mol. The first-order valence-corrected chi connectivity index (χ1v) is 6.85. The molecule has 1 aromatic carbocycles. The van der Waals surface area contributed by atoms with Crippen molar-refractivity contribution < 1.29 is 4.79 Å². The molecule has 0 aliphatic heterocycles. The zero-order chi connectivity index (χ0) is 13.0. The van der Waals surface area contributed by atoms with Gasteiger partial charge in [-0.25, -0.2) is 0 Å². The van der Waals surface area contributed by atoms with Gasteiger partial charge in [-0.05, 0) is 37.4 Å².